The molecule has 4 rings (SSSR count). The van der Waals surface area contributed by atoms with Gasteiger partial charge >= 0.3 is 5.97 Å². The lowest BCUT2D eigenvalue weighted by Crippen LogP contribution is -2.37. The van der Waals surface area contributed by atoms with Gasteiger partial charge in [-0.2, -0.15) is 15.0 Å². The molecular weight excluding hydrogens is 306 g/mol. The summed E-state index contributed by atoms with van der Waals surface area (Å²) < 4.78 is 0. The summed E-state index contributed by atoms with van der Waals surface area (Å²) in [6, 6.07) is 7.32. The van der Waals surface area contributed by atoms with E-state index in [2.05, 4.69) is 20.1 Å². The molecule has 24 heavy (non-hydrogen) atoms. The number of hydrogen-bond acceptors (Lipinski definition) is 5. The van der Waals surface area contributed by atoms with Crippen molar-refractivity contribution in [1.82, 2.24) is 20.0 Å². The highest BCUT2D eigenvalue weighted by molar-refractivity contribution is 6.06. The topological polar surface area (TPSA) is 84.1 Å². The highest BCUT2D eigenvalue weighted by atomic mass is 16.4. The molecule has 7 heteroatoms. The van der Waals surface area contributed by atoms with E-state index >= 15 is 0 Å². The van der Waals surface area contributed by atoms with Crippen LogP contribution in [0.15, 0.2) is 42.9 Å². The van der Waals surface area contributed by atoms with Crippen molar-refractivity contribution in [3.63, 3.8) is 0 Å². The van der Waals surface area contributed by atoms with Crippen LogP contribution in [-0.4, -0.2) is 44.1 Å². The zero-order valence-electron chi connectivity index (χ0n) is 13.0. The molecule has 0 radical (unpaired) electrons. The summed E-state index contributed by atoms with van der Waals surface area (Å²) in [6.07, 6.45) is 7.15. The Morgan fingerprint density at radius 1 is 1.17 bits per heavy atom. The molecule has 0 saturated carbocycles. The van der Waals surface area contributed by atoms with Gasteiger partial charge in [0, 0.05) is 24.7 Å². The molecule has 2 aromatic heterocycles. The highest BCUT2D eigenvalue weighted by Crippen LogP contribution is 2.31. The van der Waals surface area contributed by atoms with Gasteiger partial charge in [-0.1, -0.05) is 6.07 Å². The molecule has 0 spiro atoms. The Labute approximate surface area is 138 Å². The third-order valence-electron chi connectivity index (χ3n) is 4.48. The minimum Gasteiger partial charge on any atom is -0.478 e. The SMILES string of the molecule is O=C(O)c1ccc(N2CCCC(n3nccn3)C2)c2ncccc12. The fourth-order valence-corrected chi connectivity index (χ4v) is 3.38. The summed E-state index contributed by atoms with van der Waals surface area (Å²) >= 11 is 0. The van der Waals surface area contributed by atoms with Gasteiger partial charge in [-0.15, -0.1) is 0 Å². The number of carboxylic acid groups (broad SMARTS) is 1. The number of anilines is 1. The van der Waals surface area contributed by atoms with Crippen LogP contribution in [0.25, 0.3) is 10.9 Å². The number of benzene rings is 1. The van der Waals surface area contributed by atoms with Crippen molar-refractivity contribution in [2.24, 2.45) is 0 Å². The number of rotatable bonds is 3. The average molecular weight is 323 g/mol. The van der Waals surface area contributed by atoms with Gasteiger partial charge in [0.15, 0.2) is 0 Å². The van der Waals surface area contributed by atoms with E-state index in [9.17, 15) is 9.90 Å². The number of hydrogen-bond donors (Lipinski definition) is 1. The Morgan fingerprint density at radius 3 is 2.79 bits per heavy atom. The molecule has 1 unspecified atom stereocenters. The Bertz CT molecular complexity index is 878. The van der Waals surface area contributed by atoms with Gasteiger partial charge in [0.2, 0.25) is 0 Å². The Morgan fingerprint density at radius 2 is 2.00 bits per heavy atom. The van der Waals surface area contributed by atoms with Gasteiger partial charge in [0.25, 0.3) is 0 Å². The molecule has 7 nitrogen and oxygen atoms in total. The monoisotopic (exact) mass is 323 g/mol. The second-order valence-corrected chi connectivity index (χ2v) is 5.93. The Hall–Kier alpha value is -2.96. The van der Waals surface area contributed by atoms with Gasteiger partial charge in [-0.05, 0) is 31.0 Å². The molecule has 1 saturated heterocycles. The van der Waals surface area contributed by atoms with E-state index in [-0.39, 0.29) is 11.6 Å². The smallest absolute Gasteiger partial charge is 0.336 e. The van der Waals surface area contributed by atoms with Crippen molar-refractivity contribution in [1.29, 1.82) is 0 Å². The zero-order chi connectivity index (χ0) is 16.5. The Balaban J connectivity index is 1.74. The van der Waals surface area contributed by atoms with Crippen LogP contribution in [0.4, 0.5) is 5.69 Å². The maximum absolute atomic E-state index is 11.4. The van der Waals surface area contributed by atoms with Crippen LogP contribution < -0.4 is 4.90 Å². The number of carboxylic acids is 1. The predicted octanol–water partition coefficient (Wildman–Crippen LogP) is 2.37. The first kappa shape index (κ1) is 14.6. The van der Waals surface area contributed by atoms with E-state index in [0.717, 1.165) is 37.1 Å². The molecule has 3 aromatic rings. The molecule has 0 aliphatic carbocycles. The van der Waals surface area contributed by atoms with E-state index in [4.69, 9.17) is 0 Å². The van der Waals surface area contributed by atoms with Crippen molar-refractivity contribution in [2.75, 3.05) is 18.0 Å². The minimum atomic E-state index is -0.934. The van der Waals surface area contributed by atoms with Crippen molar-refractivity contribution in [3.05, 3.63) is 48.4 Å². The van der Waals surface area contributed by atoms with Gasteiger partial charge in [-0.3, -0.25) is 4.98 Å². The molecule has 122 valence electrons. The molecule has 1 fully saturated rings. The van der Waals surface area contributed by atoms with Crippen LogP contribution in [0.3, 0.4) is 0 Å². The van der Waals surface area contributed by atoms with Crippen LogP contribution in [0.1, 0.15) is 29.2 Å². The maximum atomic E-state index is 11.4. The van der Waals surface area contributed by atoms with Crippen LogP contribution in [0.2, 0.25) is 0 Å². The third-order valence-corrected chi connectivity index (χ3v) is 4.48. The number of piperidine rings is 1. The van der Waals surface area contributed by atoms with E-state index in [0.29, 0.717) is 5.39 Å². The zero-order valence-corrected chi connectivity index (χ0v) is 13.0. The molecule has 1 aliphatic heterocycles. The summed E-state index contributed by atoms with van der Waals surface area (Å²) in [5.41, 5.74) is 1.98. The minimum absolute atomic E-state index is 0.215. The van der Waals surface area contributed by atoms with Crippen LogP contribution >= 0.6 is 0 Å². The number of aromatic carboxylic acids is 1. The van der Waals surface area contributed by atoms with E-state index in [1.165, 1.54) is 0 Å². The molecule has 1 N–H and O–H groups in total. The number of carbonyl (C=O) groups is 1. The molecule has 3 heterocycles. The summed E-state index contributed by atoms with van der Waals surface area (Å²) in [6.45, 7) is 1.70. The largest absolute Gasteiger partial charge is 0.478 e. The van der Waals surface area contributed by atoms with Gasteiger partial charge in [0.05, 0.1) is 35.2 Å². The summed E-state index contributed by atoms with van der Waals surface area (Å²) in [5.74, 6) is -0.934. The van der Waals surface area contributed by atoms with Crippen LogP contribution in [0, 0.1) is 0 Å². The Kier molecular flexibility index (Phi) is 3.60. The fraction of sp³-hybridized carbons (Fsp3) is 0.294. The van der Waals surface area contributed by atoms with Gasteiger partial charge in [-0.25, -0.2) is 4.79 Å². The van der Waals surface area contributed by atoms with Crippen molar-refractivity contribution in [2.45, 2.75) is 18.9 Å². The van der Waals surface area contributed by atoms with E-state index < -0.39 is 5.97 Å². The second kappa shape index (κ2) is 5.92. The molecule has 1 aromatic carbocycles. The van der Waals surface area contributed by atoms with Crippen LogP contribution in [-0.2, 0) is 0 Å². The van der Waals surface area contributed by atoms with Gasteiger partial charge < -0.3 is 10.0 Å². The quantitative estimate of drug-likeness (QED) is 0.796. The lowest BCUT2D eigenvalue weighted by molar-refractivity contribution is 0.0699. The first-order valence-electron chi connectivity index (χ1n) is 7.96. The number of nitrogens with zero attached hydrogens (tertiary/aromatic N) is 5. The average Bonchev–Trinajstić information content (AvgIpc) is 3.15. The molecular formula is C17H17N5O2. The van der Waals surface area contributed by atoms with Crippen molar-refractivity contribution >= 4 is 22.6 Å². The third kappa shape index (κ3) is 2.47. The van der Waals surface area contributed by atoms with Crippen molar-refractivity contribution < 1.29 is 9.90 Å². The number of fused-ring (bicyclic) bond motifs is 1. The maximum Gasteiger partial charge on any atom is 0.336 e. The summed E-state index contributed by atoms with van der Waals surface area (Å²) in [5, 5.41) is 18.6. The van der Waals surface area contributed by atoms with E-state index in [1.54, 1.807) is 35.5 Å². The predicted molar refractivity (Wildman–Crippen MR) is 89.2 cm³/mol. The molecule has 1 atom stereocenters. The normalized spacial score (nSPS) is 18.0. The highest BCUT2D eigenvalue weighted by Gasteiger charge is 2.24. The molecule has 1 aliphatic rings. The van der Waals surface area contributed by atoms with Gasteiger partial charge in [0.1, 0.15) is 0 Å². The molecule has 0 bridgehead atoms. The lowest BCUT2D eigenvalue weighted by atomic mass is 10.0. The van der Waals surface area contributed by atoms with E-state index in [1.807, 2.05) is 12.1 Å². The second-order valence-electron chi connectivity index (χ2n) is 5.93. The number of aromatic nitrogens is 4. The lowest BCUT2D eigenvalue weighted by Gasteiger charge is -2.34. The first-order valence-corrected chi connectivity index (χ1v) is 7.96. The fourth-order valence-electron chi connectivity index (χ4n) is 3.38. The standard InChI is InChI=1S/C17H17N5O2/c23-17(24)14-5-6-15(16-13(14)4-1-7-18-16)21-10-2-3-12(11-21)22-19-8-9-20-22/h1,4-9,12H,2-3,10-11H2,(H,23,24). The summed E-state index contributed by atoms with van der Waals surface area (Å²) in [4.78, 5) is 19.9. The molecule has 0 amide bonds. The first-order chi connectivity index (χ1) is 11.7. The van der Waals surface area contributed by atoms with Crippen LogP contribution in [0.5, 0.6) is 0 Å². The van der Waals surface area contributed by atoms with Crippen molar-refractivity contribution in [3.8, 4) is 0 Å². The summed E-state index contributed by atoms with van der Waals surface area (Å²) in [7, 11) is 0. The number of pyridine rings is 1.